The van der Waals surface area contributed by atoms with E-state index >= 15 is 0 Å². The van der Waals surface area contributed by atoms with Crippen LogP contribution in [0.25, 0.3) is 0 Å². The third kappa shape index (κ3) is 3.45. The summed E-state index contributed by atoms with van der Waals surface area (Å²) in [6, 6.07) is 0. The van der Waals surface area contributed by atoms with Gasteiger partial charge in [-0.2, -0.15) is 0 Å². The predicted molar refractivity (Wildman–Crippen MR) is 77.7 cm³/mol. The molecule has 0 bridgehead atoms. The van der Waals surface area contributed by atoms with Crippen LogP contribution in [0, 0.1) is 5.92 Å². The first-order valence-electron chi connectivity index (χ1n) is 7.03. The van der Waals surface area contributed by atoms with E-state index in [0.717, 1.165) is 25.9 Å². The molecular weight excluding hydrogens is 256 g/mol. The summed E-state index contributed by atoms with van der Waals surface area (Å²) in [6.45, 7) is 2.80. The Labute approximate surface area is 119 Å². The van der Waals surface area contributed by atoms with E-state index in [4.69, 9.17) is 4.74 Å². The average molecular weight is 278 g/mol. The molecule has 2 unspecified atom stereocenters. The van der Waals surface area contributed by atoms with Crippen molar-refractivity contribution in [3.63, 3.8) is 0 Å². The van der Waals surface area contributed by atoms with Crippen LogP contribution in [-0.2, 0) is 9.53 Å². The minimum absolute atomic E-state index is 0.00208. The van der Waals surface area contributed by atoms with Crippen molar-refractivity contribution >= 4 is 17.5 Å². The van der Waals surface area contributed by atoms with E-state index in [1.54, 1.807) is 12.4 Å². The number of hydrogen-bond acceptors (Lipinski definition) is 5. The summed E-state index contributed by atoms with van der Waals surface area (Å²) >= 11 is 0. The van der Waals surface area contributed by atoms with Crippen LogP contribution >= 0.6 is 0 Å². The van der Waals surface area contributed by atoms with Gasteiger partial charge in [0, 0.05) is 20.7 Å². The molecule has 20 heavy (non-hydrogen) atoms. The van der Waals surface area contributed by atoms with E-state index in [1.165, 1.54) is 0 Å². The van der Waals surface area contributed by atoms with Gasteiger partial charge in [0.1, 0.15) is 0 Å². The highest BCUT2D eigenvalue weighted by molar-refractivity contribution is 5.92. The van der Waals surface area contributed by atoms with Crippen LogP contribution < -0.4 is 10.2 Å². The van der Waals surface area contributed by atoms with Crippen LogP contribution in [0.3, 0.4) is 0 Å². The number of anilines is 2. The second-order valence-corrected chi connectivity index (χ2v) is 5.22. The minimum Gasteiger partial charge on any atom is -0.377 e. The monoisotopic (exact) mass is 278 g/mol. The zero-order valence-electron chi connectivity index (χ0n) is 12.3. The summed E-state index contributed by atoms with van der Waals surface area (Å²) in [4.78, 5) is 22.5. The molecule has 1 aliphatic heterocycles. The van der Waals surface area contributed by atoms with Crippen molar-refractivity contribution in [1.82, 2.24) is 9.97 Å². The first-order chi connectivity index (χ1) is 9.61. The molecule has 0 aromatic carbocycles. The number of aromatic nitrogens is 2. The first-order valence-corrected chi connectivity index (χ1v) is 7.03. The van der Waals surface area contributed by atoms with Gasteiger partial charge >= 0.3 is 0 Å². The molecule has 0 radical (unpaired) electrons. The van der Waals surface area contributed by atoms with E-state index in [0.29, 0.717) is 11.6 Å². The molecule has 6 heteroatoms. The SMILES string of the molecule is CCC1OCCCC1C(=O)Nc1cnc(N(C)C)nc1. The molecule has 1 fully saturated rings. The minimum atomic E-state index is -0.0812. The van der Waals surface area contributed by atoms with Crippen LogP contribution in [0.5, 0.6) is 0 Å². The summed E-state index contributed by atoms with van der Waals surface area (Å²) in [6.07, 6.45) is 5.95. The molecule has 0 saturated carbocycles. The summed E-state index contributed by atoms with van der Waals surface area (Å²) < 4.78 is 5.65. The van der Waals surface area contributed by atoms with Crippen LogP contribution in [-0.4, -0.2) is 42.7 Å². The molecule has 6 nitrogen and oxygen atoms in total. The Bertz CT molecular complexity index is 447. The molecule has 1 saturated heterocycles. The second kappa shape index (κ2) is 6.65. The largest absolute Gasteiger partial charge is 0.377 e. The fourth-order valence-electron chi connectivity index (χ4n) is 2.39. The van der Waals surface area contributed by atoms with Crippen molar-refractivity contribution in [3.8, 4) is 0 Å². The molecule has 2 atom stereocenters. The van der Waals surface area contributed by atoms with E-state index in [2.05, 4.69) is 15.3 Å². The summed E-state index contributed by atoms with van der Waals surface area (Å²) in [7, 11) is 3.75. The van der Waals surface area contributed by atoms with Crippen LogP contribution in [0.2, 0.25) is 0 Å². The van der Waals surface area contributed by atoms with Crippen LogP contribution in [0.1, 0.15) is 26.2 Å². The molecule has 2 rings (SSSR count). The lowest BCUT2D eigenvalue weighted by Gasteiger charge is -2.29. The van der Waals surface area contributed by atoms with E-state index in [1.807, 2.05) is 25.9 Å². The van der Waals surface area contributed by atoms with Gasteiger partial charge < -0.3 is 15.0 Å². The van der Waals surface area contributed by atoms with Crippen molar-refractivity contribution in [1.29, 1.82) is 0 Å². The maximum Gasteiger partial charge on any atom is 0.230 e. The van der Waals surface area contributed by atoms with Crippen molar-refractivity contribution in [2.75, 3.05) is 30.9 Å². The third-order valence-electron chi connectivity index (χ3n) is 3.49. The van der Waals surface area contributed by atoms with Crippen molar-refractivity contribution in [2.24, 2.45) is 5.92 Å². The fraction of sp³-hybridized carbons (Fsp3) is 0.643. The molecule has 1 aromatic heterocycles. The van der Waals surface area contributed by atoms with Gasteiger partial charge in [-0.25, -0.2) is 9.97 Å². The summed E-state index contributed by atoms with van der Waals surface area (Å²) in [5, 5.41) is 2.88. The number of amides is 1. The predicted octanol–water partition coefficient (Wildman–Crippen LogP) is 1.69. The molecule has 1 N–H and O–H groups in total. The topological polar surface area (TPSA) is 67.3 Å². The smallest absolute Gasteiger partial charge is 0.230 e. The standard InChI is InChI=1S/C14H22N4O2/c1-4-12-11(6-5-7-20-12)13(19)17-10-8-15-14(16-9-10)18(2)3/h8-9,11-12H,4-7H2,1-3H3,(H,17,19). The van der Waals surface area contributed by atoms with Crippen molar-refractivity contribution in [2.45, 2.75) is 32.3 Å². The Morgan fingerprint density at radius 3 is 2.75 bits per heavy atom. The third-order valence-corrected chi connectivity index (χ3v) is 3.49. The summed E-state index contributed by atoms with van der Waals surface area (Å²) in [5.41, 5.74) is 0.626. The molecule has 0 spiro atoms. The molecular formula is C14H22N4O2. The number of rotatable bonds is 4. The molecule has 1 aliphatic rings. The highest BCUT2D eigenvalue weighted by Crippen LogP contribution is 2.24. The van der Waals surface area contributed by atoms with Gasteiger partial charge in [-0.05, 0) is 19.3 Å². The molecule has 1 amide bonds. The first kappa shape index (κ1) is 14.7. The number of carbonyl (C=O) groups excluding carboxylic acids is 1. The molecule has 1 aromatic rings. The Morgan fingerprint density at radius 1 is 1.45 bits per heavy atom. The quantitative estimate of drug-likeness (QED) is 0.907. The zero-order valence-corrected chi connectivity index (χ0v) is 12.3. The molecule has 0 aliphatic carbocycles. The number of carbonyl (C=O) groups is 1. The normalized spacial score (nSPS) is 22.4. The number of nitrogens with zero attached hydrogens (tertiary/aromatic N) is 3. The van der Waals surface area contributed by atoms with Gasteiger partial charge in [-0.1, -0.05) is 6.92 Å². The van der Waals surface area contributed by atoms with E-state index < -0.39 is 0 Å². The van der Waals surface area contributed by atoms with Gasteiger partial charge in [-0.15, -0.1) is 0 Å². The Balaban J connectivity index is 1.99. The second-order valence-electron chi connectivity index (χ2n) is 5.22. The van der Waals surface area contributed by atoms with E-state index in [9.17, 15) is 4.79 Å². The Kier molecular flexibility index (Phi) is 4.89. The van der Waals surface area contributed by atoms with E-state index in [-0.39, 0.29) is 17.9 Å². The van der Waals surface area contributed by atoms with Gasteiger partial charge in [0.05, 0.1) is 30.1 Å². The number of ether oxygens (including phenoxy) is 1. The lowest BCUT2D eigenvalue weighted by molar-refractivity contribution is -0.129. The number of nitrogens with one attached hydrogen (secondary N) is 1. The number of hydrogen-bond donors (Lipinski definition) is 1. The Morgan fingerprint density at radius 2 is 2.15 bits per heavy atom. The van der Waals surface area contributed by atoms with Crippen molar-refractivity contribution < 1.29 is 9.53 Å². The van der Waals surface area contributed by atoms with Gasteiger partial charge in [-0.3, -0.25) is 4.79 Å². The van der Waals surface area contributed by atoms with Gasteiger partial charge in [0.15, 0.2) is 0 Å². The Hall–Kier alpha value is -1.69. The van der Waals surface area contributed by atoms with Gasteiger partial charge in [0.25, 0.3) is 0 Å². The molecule has 2 heterocycles. The highest BCUT2D eigenvalue weighted by atomic mass is 16.5. The maximum atomic E-state index is 12.3. The maximum absolute atomic E-state index is 12.3. The zero-order chi connectivity index (χ0) is 14.5. The highest BCUT2D eigenvalue weighted by Gasteiger charge is 2.30. The van der Waals surface area contributed by atoms with Gasteiger partial charge in [0.2, 0.25) is 11.9 Å². The fourth-order valence-corrected chi connectivity index (χ4v) is 2.39. The summed E-state index contributed by atoms with van der Waals surface area (Å²) in [5.74, 6) is 0.537. The van der Waals surface area contributed by atoms with Crippen LogP contribution in [0.4, 0.5) is 11.6 Å². The van der Waals surface area contributed by atoms with Crippen LogP contribution in [0.15, 0.2) is 12.4 Å². The van der Waals surface area contributed by atoms with Crippen molar-refractivity contribution in [3.05, 3.63) is 12.4 Å². The lowest BCUT2D eigenvalue weighted by Crippen LogP contribution is -2.37. The lowest BCUT2D eigenvalue weighted by atomic mass is 9.92. The molecule has 110 valence electrons. The average Bonchev–Trinajstić information content (AvgIpc) is 2.47.